The SMILES string of the molecule is O=C(Nc1cccc(OCCc2ccccc2)c1)C1CCCN(Cc2nc(-c3ccc(Cl)cc3)no2)C1. The Bertz CT molecular complexity index is 1310. The number of anilines is 1. The molecule has 1 saturated heterocycles. The number of amides is 1. The van der Waals surface area contributed by atoms with Crippen LogP contribution in [0.2, 0.25) is 5.02 Å². The Morgan fingerprint density at radius 1 is 1.08 bits per heavy atom. The van der Waals surface area contributed by atoms with Crippen molar-refractivity contribution in [3.8, 4) is 17.1 Å². The zero-order chi connectivity index (χ0) is 25.5. The third-order valence-corrected chi connectivity index (χ3v) is 6.66. The molecule has 0 radical (unpaired) electrons. The van der Waals surface area contributed by atoms with Gasteiger partial charge in [0.25, 0.3) is 0 Å². The molecule has 190 valence electrons. The van der Waals surface area contributed by atoms with Gasteiger partial charge in [0.2, 0.25) is 17.6 Å². The summed E-state index contributed by atoms with van der Waals surface area (Å²) in [6.07, 6.45) is 2.60. The maximum atomic E-state index is 13.1. The Morgan fingerprint density at radius 2 is 1.92 bits per heavy atom. The zero-order valence-corrected chi connectivity index (χ0v) is 21.2. The fourth-order valence-corrected chi connectivity index (χ4v) is 4.61. The number of benzene rings is 3. The number of aromatic nitrogens is 2. The number of rotatable bonds is 9. The molecule has 37 heavy (non-hydrogen) atoms. The number of carbonyl (C=O) groups is 1. The average molecular weight is 517 g/mol. The molecular formula is C29H29ClN4O3. The van der Waals surface area contributed by atoms with Crippen LogP contribution in [-0.2, 0) is 17.8 Å². The van der Waals surface area contributed by atoms with Gasteiger partial charge in [-0.3, -0.25) is 9.69 Å². The van der Waals surface area contributed by atoms with Gasteiger partial charge >= 0.3 is 0 Å². The second kappa shape index (κ2) is 12.0. The number of carbonyl (C=O) groups excluding carboxylic acids is 1. The molecule has 1 aliphatic heterocycles. The van der Waals surface area contributed by atoms with Crippen molar-refractivity contribution in [3.05, 3.63) is 95.3 Å². The summed E-state index contributed by atoms with van der Waals surface area (Å²) in [7, 11) is 0. The molecule has 1 aliphatic rings. The second-order valence-electron chi connectivity index (χ2n) is 9.19. The number of piperidine rings is 1. The van der Waals surface area contributed by atoms with Crippen LogP contribution in [0.15, 0.2) is 83.4 Å². The molecule has 1 amide bonds. The lowest BCUT2D eigenvalue weighted by atomic mass is 9.97. The summed E-state index contributed by atoms with van der Waals surface area (Å²) in [5, 5.41) is 7.82. The normalized spacial score (nSPS) is 15.9. The molecule has 5 rings (SSSR count). The number of halogens is 1. The first-order valence-corrected chi connectivity index (χ1v) is 12.9. The number of hydrogen-bond donors (Lipinski definition) is 1. The van der Waals surface area contributed by atoms with Crippen molar-refractivity contribution in [2.24, 2.45) is 5.92 Å². The Kier molecular flexibility index (Phi) is 8.13. The van der Waals surface area contributed by atoms with E-state index in [9.17, 15) is 4.79 Å². The van der Waals surface area contributed by atoms with Gasteiger partial charge in [0.1, 0.15) is 5.75 Å². The highest BCUT2D eigenvalue weighted by Gasteiger charge is 2.27. The van der Waals surface area contributed by atoms with Crippen LogP contribution in [0.25, 0.3) is 11.4 Å². The summed E-state index contributed by atoms with van der Waals surface area (Å²) in [6, 6.07) is 25.1. The minimum absolute atomic E-state index is 0.0125. The van der Waals surface area contributed by atoms with Crippen molar-refractivity contribution in [2.45, 2.75) is 25.8 Å². The fourth-order valence-electron chi connectivity index (χ4n) is 4.48. The van der Waals surface area contributed by atoms with Crippen LogP contribution in [-0.4, -0.2) is 40.6 Å². The zero-order valence-electron chi connectivity index (χ0n) is 20.5. The Balaban J connectivity index is 1.12. The first-order chi connectivity index (χ1) is 18.1. The molecule has 1 N–H and O–H groups in total. The summed E-state index contributed by atoms with van der Waals surface area (Å²) in [4.78, 5) is 19.8. The molecule has 0 spiro atoms. The molecule has 8 heteroatoms. The maximum absolute atomic E-state index is 13.1. The fraction of sp³-hybridized carbons (Fsp3) is 0.276. The standard InChI is InChI=1S/C29H29ClN4O3/c30-24-13-11-22(12-14-24)28-32-27(37-33-28)20-34-16-5-8-23(19-34)29(35)31-25-9-4-10-26(18-25)36-17-15-21-6-2-1-3-7-21/h1-4,6-7,9-14,18,23H,5,8,15-17,19-20H2,(H,31,35). The molecule has 0 aliphatic carbocycles. The van der Waals surface area contributed by atoms with E-state index in [1.54, 1.807) is 12.1 Å². The number of nitrogens with one attached hydrogen (secondary N) is 1. The van der Waals surface area contributed by atoms with E-state index in [1.807, 2.05) is 54.6 Å². The van der Waals surface area contributed by atoms with Gasteiger partial charge in [-0.05, 0) is 61.3 Å². The highest BCUT2D eigenvalue weighted by molar-refractivity contribution is 6.30. The van der Waals surface area contributed by atoms with Crippen molar-refractivity contribution in [1.82, 2.24) is 15.0 Å². The van der Waals surface area contributed by atoms with Crippen LogP contribution in [0, 0.1) is 5.92 Å². The van der Waals surface area contributed by atoms with Crippen molar-refractivity contribution in [2.75, 3.05) is 25.0 Å². The van der Waals surface area contributed by atoms with E-state index in [4.69, 9.17) is 20.9 Å². The predicted octanol–water partition coefficient (Wildman–Crippen LogP) is 5.86. The molecule has 1 aromatic heterocycles. The van der Waals surface area contributed by atoms with E-state index >= 15 is 0 Å². The maximum Gasteiger partial charge on any atom is 0.241 e. The van der Waals surface area contributed by atoms with Gasteiger partial charge in [0.15, 0.2) is 0 Å². The molecule has 1 atom stereocenters. The first-order valence-electron chi connectivity index (χ1n) is 12.5. The summed E-state index contributed by atoms with van der Waals surface area (Å²) >= 11 is 5.96. The van der Waals surface area contributed by atoms with Gasteiger partial charge in [0.05, 0.1) is 19.1 Å². The summed E-state index contributed by atoms with van der Waals surface area (Å²) in [5.74, 6) is 1.70. The van der Waals surface area contributed by atoms with Crippen molar-refractivity contribution < 1.29 is 14.1 Å². The van der Waals surface area contributed by atoms with Crippen LogP contribution in [0.1, 0.15) is 24.3 Å². The Hall–Kier alpha value is -3.68. The van der Waals surface area contributed by atoms with Crippen molar-refractivity contribution >= 4 is 23.2 Å². The lowest BCUT2D eigenvalue weighted by molar-refractivity contribution is -0.121. The van der Waals surface area contributed by atoms with Crippen LogP contribution in [0.3, 0.4) is 0 Å². The minimum Gasteiger partial charge on any atom is -0.493 e. The molecule has 1 unspecified atom stereocenters. The van der Waals surface area contributed by atoms with E-state index in [1.165, 1.54) is 5.56 Å². The highest BCUT2D eigenvalue weighted by Crippen LogP contribution is 2.24. The Morgan fingerprint density at radius 3 is 2.76 bits per heavy atom. The monoisotopic (exact) mass is 516 g/mol. The van der Waals surface area contributed by atoms with Crippen molar-refractivity contribution in [3.63, 3.8) is 0 Å². The molecule has 0 saturated carbocycles. The average Bonchev–Trinajstić information content (AvgIpc) is 3.38. The largest absolute Gasteiger partial charge is 0.493 e. The van der Waals surface area contributed by atoms with E-state index in [0.29, 0.717) is 36.4 Å². The van der Waals surface area contributed by atoms with E-state index in [-0.39, 0.29) is 11.8 Å². The summed E-state index contributed by atoms with van der Waals surface area (Å²) in [6.45, 7) is 2.61. The lowest BCUT2D eigenvalue weighted by Gasteiger charge is -2.30. The van der Waals surface area contributed by atoms with E-state index < -0.39 is 0 Å². The first kappa shape index (κ1) is 25.0. The molecule has 4 aromatic rings. The highest BCUT2D eigenvalue weighted by atomic mass is 35.5. The quantitative estimate of drug-likeness (QED) is 0.300. The molecule has 1 fully saturated rings. The van der Waals surface area contributed by atoms with Gasteiger partial charge in [-0.1, -0.05) is 53.2 Å². The lowest BCUT2D eigenvalue weighted by Crippen LogP contribution is -2.40. The van der Waals surface area contributed by atoms with E-state index in [2.05, 4.69) is 32.5 Å². The smallest absolute Gasteiger partial charge is 0.241 e. The molecule has 2 heterocycles. The van der Waals surface area contributed by atoms with Gasteiger partial charge in [-0.15, -0.1) is 0 Å². The van der Waals surface area contributed by atoms with Gasteiger partial charge in [-0.2, -0.15) is 4.98 Å². The van der Waals surface area contributed by atoms with E-state index in [0.717, 1.165) is 42.8 Å². The molecular weight excluding hydrogens is 488 g/mol. The van der Waals surface area contributed by atoms with Crippen LogP contribution in [0.4, 0.5) is 5.69 Å². The second-order valence-corrected chi connectivity index (χ2v) is 9.63. The topological polar surface area (TPSA) is 80.5 Å². The number of nitrogens with zero attached hydrogens (tertiary/aromatic N) is 3. The minimum atomic E-state index is -0.116. The van der Waals surface area contributed by atoms with Crippen molar-refractivity contribution in [1.29, 1.82) is 0 Å². The molecule has 7 nitrogen and oxygen atoms in total. The van der Waals surface area contributed by atoms with Crippen LogP contribution >= 0.6 is 11.6 Å². The number of ether oxygens (including phenoxy) is 1. The van der Waals surface area contributed by atoms with Gasteiger partial charge in [-0.25, -0.2) is 0 Å². The summed E-state index contributed by atoms with van der Waals surface area (Å²) < 4.78 is 11.4. The molecule has 0 bridgehead atoms. The number of hydrogen-bond acceptors (Lipinski definition) is 6. The summed E-state index contributed by atoms with van der Waals surface area (Å²) in [5.41, 5.74) is 2.82. The number of likely N-dealkylation sites (tertiary alicyclic amines) is 1. The Labute approximate surface area is 221 Å². The third-order valence-electron chi connectivity index (χ3n) is 6.41. The predicted molar refractivity (Wildman–Crippen MR) is 143 cm³/mol. The van der Waals surface area contributed by atoms with Gasteiger partial charge in [0, 0.05) is 35.3 Å². The van der Waals surface area contributed by atoms with Gasteiger partial charge < -0.3 is 14.6 Å². The van der Waals surface area contributed by atoms with Crippen LogP contribution in [0.5, 0.6) is 5.75 Å². The molecule has 3 aromatic carbocycles. The van der Waals surface area contributed by atoms with Crippen LogP contribution < -0.4 is 10.1 Å². The third kappa shape index (κ3) is 6.96.